The van der Waals surface area contributed by atoms with Crippen LogP contribution in [0, 0.1) is 5.89 Å². The Hall–Kier alpha value is -0.570. The van der Waals surface area contributed by atoms with Gasteiger partial charge in [-0.2, -0.15) is 0 Å². The Bertz CT molecular complexity index is 687. The van der Waals surface area contributed by atoms with E-state index in [0.29, 0.717) is 0 Å². The van der Waals surface area contributed by atoms with E-state index in [9.17, 15) is 0 Å². The molecular formula is C11H15BrN2. The second-order valence-electron chi connectivity index (χ2n) is 2.50. The summed E-state index contributed by atoms with van der Waals surface area (Å²) in [6.07, 6.45) is -7.27. The highest BCUT2D eigenvalue weighted by atomic mass is 79.9. The summed E-state index contributed by atoms with van der Waals surface area (Å²) < 4.78 is 95.6. The second-order valence-corrected chi connectivity index (χ2v) is 3.32. The predicted molar refractivity (Wildman–Crippen MR) is 62.5 cm³/mol. The van der Waals surface area contributed by atoms with Crippen molar-refractivity contribution in [1.29, 1.82) is 0 Å². The Morgan fingerprint density at radius 1 is 1.64 bits per heavy atom. The van der Waals surface area contributed by atoms with Gasteiger partial charge in [-0.1, -0.05) is 12.9 Å². The van der Waals surface area contributed by atoms with Gasteiger partial charge in [0, 0.05) is 29.4 Å². The van der Waals surface area contributed by atoms with Crippen molar-refractivity contribution in [2.75, 3.05) is 17.9 Å². The SMILES string of the molecule is [2H]C([2H])([2H])C1([2H])C([2H])([2H])C([2H])([2H])N(c2cccc(Br)n2)C([2H])([2H])C1([2H])[2H]. The molecule has 0 unspecified atom stereocenters. The average Bonchev–Trinajstić information content (AvgIpc) is 2.42. The van der Waals surface area contributed by atoms with E-state index >= 15 is 0 Å². The van der Waals surface area contributed by atoms with Gasteiger partial charge in [-0.3, -0.25) is 0 Å². The van der Waals surface area contributed by atoms with Crippen molar-refractivity contribution in [3.05, 3.63) is 22.8 Å². The molecule has 1 aliphatic rings. The molecule has 3 heteroatoms. The van der Waals surface area contributed by atoms with E-state index in [-0.39, 0.29) is 9.50 Å². The van der Waals surface area contributed by atoms with Gasteiger partial charge in [-0.15, -0.1) is 0 Å². The highest BCUT2D eigenvalue weighted by molar-refractivity contribution is 9.10. The van der Waals surface area contributed by atoms with Gasteiger partial charge in [-0.05, 0) is 46.7 Å². The molecular weight excluding hydrogens is 240 g/mol. The van der Waals surface area contributed by atoms with Crippen LogP contribution in [0.5, 0.6) is 0 Å². The lowest BCUT2D eigenvalue weighted by molar-refractivity contribution is 0.436. The molecule has 0 spiro atoms. The normalized spacial score (nSPS) is 48.8. The number of piperidine rings is 1. The van der Waals surface area contributed by atoms with Crippen molar-refractivity contribution < 1.29 is 16.4 Å². The van der Waals surface area contributed by atoms with E-state index in [1.165, 1.54) is 12.1 Å². The highest BCUT2D eigenvalue weighted by Gasteiger charge is 2.16. The van der Waals surface area contributed by atoms with E-state index in [0.717, 1.165) is 6.07 Å². The molecule has 0 atom stereocenters. The molecule has 0 aliphatic carbocycles. The van der Waals surface area contributed by atoms with Crippen LogP contribution in [0.25, 0.3) is 0 Å². The van der Waals surface area contributed by atoms with Crippen LogP contribution in [-0.4, -0.2) is 18.0 Å². The molecule has 1 aromatic heterocycles. The Morgan fingerprint density at radius 2 is 2.43 bits per heavy atom. The van der Waals surface area contributed by atoms with Crippen molar-refractivity contribution in [2.45, 2.75) is 19.6 Å². The predicted octanol–water partition coefficient (Wildman–Crippen LogP) is 3.08. The van der Waals surface area contributed by atoms with Crippen LogP contribution in [-0.2, 0) is 0 Å². The molecule has 2 rings (SSSR count). The second kappa shape index (κ2) is 4.30. The number of hydrogen-bond acceptors (Lipinski definition) is 2. The van der Waals surface area contributed by atoms with Gasteiger partial charge in [0.05, 0.1) is 0 Å². The number of pyridine rings is 1. The molecule has 0 saturated carbocycles. The molecule has 0 aromatic carbocycles. The largest absolute Gasteiger partial charge is 0.357 e. The molecule has 0 bridgehead atoms. The fraction of sp³-hybridized carbons (Fsp3) is 0.545. The lowest BCUT2D eigenvalue weighted by Crippen LogP contribution is -2.33. The van der Waals surface area contributed by atoms with E-state index in [2.05, 4.69) is 20.9 Å². The molecule has 2 heterocycles. The smallest absolute Gasteiger partial charge is 0.129 e. The Balaban J connectivity index is 2.89. The molecule has 1 aliphatic heterocycles. The minimum atomic E-state index is -3.73. The molecule has 0 radical (unpaired) electrons. The van der Waals surface area contributed by atoms with Crippen LogP contribution in [0.15, 0.2) is 22.8 Å². The zero-order valence-corrected chi connectivity index (χ0v) is 8.59. The van der Waals surface area contributed by atoms with Gasteiger partial charge in [0.2, 0.25) is 0 Å². The first kappa shape index (κ1) is 2.97. The van der Waals surface area contributed by atoms with E-state index in [4.69, 9.17) is 16.4 Å². The van der Waals surface area contributed by atoms with Crippen molar-refractivity contribution in [3.8, 4) is 0 Å². The summed E-state index contributed by atoms with van der Waals surface area (Å²) in [6.45, 7) is -10.5. The van der Waals surface area contributed by atoms with Crippen LogP contribution >= 0.6 is 15.9 Å². The molecule has 2 nitrogen and oxygen atoms in total. The Morgan fingerprint density at radius 3 is 3.07 bits per heavy atom. The Kier molecular flexibility index (Phi) is 0.913. The van der Waals surface area contributed by atoms with E-state index in [1.54, 1.807) is 0 Å². The molecule has 1 saturated heterocycles. The molecule has 1 fully saturated rings. The monoisotopic (exact) mass is 266 g/mol. The van der Waals surface area contributed by atoms with Crippen molar-refractivity contribution in [3.63, 3.8) is 0 Å². The molecule has 0 amide bonds. The van der Waals surface area contributed by atoms with Crippen LogP contribution in [0.1, 0.15) is 36.0 Å². The first-order valence-corrected chi connectivity index (χ1v) is 4.59. The maximum absolute atomic E-state index is 8.15. The fourth-order valence-electron chi connectivity index (χ4n) is 0.919. The van der Waals surface area contributed by atoms with Crippen molar-refractivity contribution in [1.82, 2.24) is 4.98 Å². The number of hydrogen-bond donors (Lipinski definition) is 0. The third kappa shape index (κ3) is 2.27. The highest BCUT2D eigenvalue weighted by Crippen LogP contribution is 2.22. The minimum absolute atomic E-state index is 0.128. The molecule has 0 N–H and O–H groups in total. The summed E-state index contributed by atoms with van der Waals surface area (Å²) in [5.41, 5.74) is 0. The minimum Gasteiger partial charge on any atom is -0.357 e. The standard InChI is InChI=1S/C11H15BrN2/c1-9-5-7-14(8-6-9)11-4-2-3-10(12)13-11/h2-4,9H,5-8H2,1H3/i1D3,5D2,6D2,7D2,8D2,9D. The van der Waals surface area contributed by atoms with Crippen LogP contribution in [0.2, 0.25) is 0 Å². The molecule has 1 aromatic rings. The van der Waals surface area contributed by atoms with E-state index in [1.807, 2.05) is 0 Å². The van der Waals surface area contributed by atoms with Crippen LogP contribution < -0.4 is 4.90 Å². The number of aromatic nitrogens is 1. The molecule has 76 valence electrons. The maximum Gasteiger partial charge on any atom is 0.129 e. The lowest BCUT2D eigenvalue weighted by Gasteiger charge is -2.31. The summed E-state index contributed by atoms with van der Waals surface area (Å²) in [5, 5.41) is 0. The zero-order chi connectivity index (χ0) is 20.6. The van der Waals surface area contributed by atoms with Gasteiger partial charge in [-0.25, -0.2) is 4.98 Å². The third-order valence-electron chi connectivity index (χ3n) is 1.51. The maximum atomic E-state index is 8.15. The van der Waals surface area contributed by atoms with Crippen LogP contribution in [0.3, 0.4) is 0 Å². The quantitative estimate of drug-likeness (QED) is 0.727. The van der Waals surface area contributed by atoms with Crippen molar-refractivity contribution >= 4 is 21.7 Å². The summed E-state index contributed by atoms with van der Waals surface area (Å²) in [5.74, 6) is -4.18. The topological polar surface area (TPSA) is 16.1 Å². The van der Waals surface area contributed by atoms with Gasteiger partial charge in [0.25, 0.3) is 0 Å². The van der Waals surface area contributed by atoms with Crippen molar-refractivity contribution in [2.24, 2.45) is 5.89 Å². The van der Waals surface area contributed by atoms with Gasteiger partial charge in [0.15, 0.2) is 0 Å². The number of anilines is 1. The van der Waals surface area contributed by atoms with Gasteiger partial charge in [0.1, 0.15) is 10.4 Å². The lowest BCUT2D eigenvalue weighted by atomic mass is 9.99. The first-order chi connectivity index (χ1) is 11.4. The molecule has 14 heavy (non-hydrogen) atoms. The van der Waals surface area contributed by atoms with Gasteiger partial charge >= 0.3 is 0 Å². The summed E-state index contributed by atoms with van der Waals surface area (Å²) >= 11 is 3.02. The Labute approximate surface area is 110 Å². The third-order valence-corrected chi connectivity index (χ3v) is 1.96. The summed E-state index contributed by atoms with van der Waals surface area (Å²) in [7, 11) is 0. The number of nitrogens with zero attached hydrogens (tertiary/aromatic N) is 2. The zero-order valence-electron chi connectivity index (χ0n) is 19.0. The fourth-order valence-corrected chi connectivity index (χ4v) is 1.25. The summed E-state index contributed by atoms with van der Waals surface area (Å²) in [4.78, 5) is 3.98. The van der Waals surface area contributed by atoms with Gasteiger partial charge < -0.3 is 4.90 Å². The average molecular weight is 267 g/mol. The summed E-state index contributed by atoms with van der Waals surface area (Å²) in [6, 6.07) is 3.94. The number of halogens is 1. The van der Waals surface area contributed by atoms with E-state index < -0.39 is 44.3 Å². The first-order valence-electron chi connectivity index (χ1n) is 9.80. The number of rotatable bonds is 1. The van der Waals surface area contributed by atoms with Crippen LogP contribution in [0.4, 0.5) is 5.82 Å².